The summed E-state index contributed by atoms with van der Waals surface area (Å²) in [4.78, 5) is 0. The maximum atomic E-state index is 13.8. The van der Waals surface area contributed by atoms with Crippen LogP contribution in [0.5, 0.6) is 0 Å². The van der Waals surface area contributed by atoms with E-state index in [9.17, 15) is 4.39 Å². The lowest BCUT2D eigenvalue weighted by Crippen LogP contribution is -2.23. The van der Waals surface area contributed by atoms with E-state index in [0.29, 0.717) is 0 Å². The molecule has 2 heteroatoms. The van der Waals surface area contributed by atoms with E-state index < -0.39 is 11.0 Å². The molecule has 1 aromatic carbocycles. The molecule has 0 nitrogen and oxygen atoms in total. The second kappa shape index (κ2) is 3.58. The molecular formula is C12H9ClF. The minimum Gasteiger partial charge on any atom is -0.220 e. The lowest BCUT2D eigenvalue weighted by Gasteiger charge is -2.24. The van der Waals surface area contributed by atoms with Crippen LogP contribution in [0.1, 0.15) is 11.5 Å². The van der Waals surface area contributed by atoms with Gasteiger partial charge in [0.25, 0.3) is 0 Å². The zero-order valence-corrected chi connectivity index (χ0v) is 8.21. The summed E-state index contributed by atoms with van der Waals surface area (Å²) in [7, 11) is 0. The Morgan fingerprint density at radius 1 is 1.29 bits per heavy atom. The smallest absolute Gasteiger partial charge is 0.219 e. The highest BCUT2D eigenvalue weighted by Crippen LogP contribution is 2.39. The third kappa shape index (κ3) is 1.73. The second-order valence-corrected chi connectivity index (χ2v) is 3.76. The summed E-state index contributed by atoms with van der Waals surface area (Å²) in [5, 5.41) is -1.92. The summed E-state index contributed by atoms with van der Waals surface area (Å²) in [6, 6.07) is 9.35. The van der Waals surface area contributed by atoms with Gasteiger partial charge in [0.2, 0.25) is 5.13 Å². The maximum Gasteiger partial charge on any atom is 0.219 e. The largest absolute Gasteiger partial charge is 0.220 e. The number of alkyl halides is 2. The van der Waals surface area contributed by atoms with Crippen LogP contribution in [-0.4, -0.2) is 5.13 Å². The lowest BCUT2D eigenvalue weighted by atomic mass is 9.90. The van der Waals surface area contributed by atoms with Crippen molar-refractivity contribution in [1.82, 2.24) is 0 Å². The number of hydrogen-bond donors (Lipinski definition) is 0. The van der Waals surface area contributed by atoms with Crippen LogP contribution in [0.4, 0.5) is 4.39 Å². The van der Waals surface area contributed by atoms with Gasteiger partial charge in [-0.3, -0.25) is 0 Å². The van der Waals surface area contributed by atoms with Crippen LogP contribution in [0.25, 0.3) is 0 Å². The molecule has 0 amide bonds. The molecule has 14 heavy (non-hydrogen) atoms. The van der Waals surface area contributed by atoms with Gasteiger partial charge in [0, 0.05) is 6.08 Å². The monoisotopic (exact) mass is 207 g/mol. The topological polar surface area (TPSA) is 0 Å². The lowest BCUT2D eigenvalue weighted by molar-refractivity contribution is 0.305. The van der Waals surface area contributed by atoms with Gasteiger partial charge in [-0.25, -0.2) is 4.39 Å². The molecule has 2 rings (SSSR count). The molecule has 0 spiro atoms. The van der Waals surface area contributed by atoms with E-state index in [2.05, 4.69) is 6.08 Å². The predicted molar refractivity (Wildman–Crippen MR) is 55.8 cm³/mol. The summed E-state index contributed by atoms with van der Waals surface area (Å²) >= 11 is 5.71. The highest BCUT2D eigenvalue weighted by Gasteiger charge is 2.35. The minimum atomic E-state index is -1.92. The van der Waals surface area contributed by atoms with Crippen LogP contribution in [0.15, 0.2) is 48.6 Å². The zero-order valence-electron chi connectivity index (χ0n) is 7.45. The Bertz CT molecular complexity index is 365. The standard InChI is InChI=1S/C12H9ClF/c13-12(14)9-5-4-8-11(12)10-6-2-1-3-7-10/h1-8,11H. The van der Waals surface area contributed by atoms with Crippen LogP contribution in [0.2, 0.25) is 0 Å². The second-order valence-electron chi connectivity index (χ2n) is 3.21. The normalized spacial score (nSPS) is 30.6. The first-order valence-corrected chi connectivity index (χ1v) is 4.78. The van der Waals surface area contributed by atoms with E-state index in [1.807, 2.05) is 30.3 Å². The third-order valence-corrected chi connectivity index (χ3v) is 2.57. The highest BCUT2D eigenvalue weighted by atomic mass is 35.5. The number of benzene rings is 1. The average Bonchev–Trinajstić information content (AvgIpc) is 2.18. The van der Waals surface area contributed by atoms with Crippen molar-refractivity contribution in [2.45, 2.75) is 11.0 Å². The predicted octanol–water partition coefficient (Wildman–Crippen LogP) is 3.60. The maximum absolute atomic E-state index is 13.8. The van der Waals surface area contributed by atoms with Gasteiger partial charge < -0.3 is 0 Å². The average molecular weight is 208 g/mol. The Morgan fingerprint density at radius 3 is 2.64 bits per heavy atom. The Hall–Kier alpha value is -1.08. The molecule has 2 atom stereocenters. The molecule has 0 aliphatic heterocycles. The number of hydrogen-bond acceptors (Lipinski definition) is 0. The van der Waals surface area contributed by atoms with Crippen molar-refractivity contribution in [2.75, 3.05) is 0 Å². The molecule has 0 saturated carbocycles. The van der Waals surface area contributed by atoms with Crippen molar-refractivity contribution in [2.24, 2.45) is 0 Å². The van der Waals surface area contributed by atoms with Gasteiger partial charge in [0.05, 0.1) is 5.92 Å². The molecule has 0 bridgehead atoms. The van der Waals surface area contributed by atoms with Crippen molar-refractivity contribution in [3.63, 3.8) is 0 Å². The molecule has 0 saturated heterocycles. The number of halogens is 2. The number of rotatable bonds is 1. The fourth-order valence-corrected chi connectivity index (χ4v) is 1.78. The molecule has 1 aromatic rings. The van der Waals surface area contributed by atoms with Gasteiger partial charge in [-0.2, -0.15) is 0 Å². The van der Waals surface area contributed by atoms with Crippen LogP contribution in [0.3, 0.4) is 0 Å². The summed E-state index contributed by atoms with van der Waals surface area (Å²) < 4.78 is 13.8. The SMILES string of the molecule is FC1(Cl)[C]=CC=CC1c1ccccc1. The van der Waals surface area contributed by atoms with Crippen LogP contribution in [-0.2, 0) is 0 Å². The molecule has 2 unspecified atom stereocenters. The Kier molecular flexibility index (Phi) is 2.42. The molecule has 0 aromatic heterocycles. The molecular weight excluding hydrogens is 199 g/mol. The van der Waals surface area contributed by atoms with Gasteiger partial charge in [0.1, 0.15) is 0 Å². The first-order valence-electron chi connectivity index (χ1n) is 4.40. The van der Waals surface area contributed by atoms with E-state index in [4.69, 9.17) is 11.6 Å². The quantitative estimate of drug-likeness (QED) is 0.618. The van der Waals surface area contributed by atoms with Gasteiger partial charge in [-0.05, 0) is 5.56 Å². The Morgan fingerprint density at radius 2 is 2.00 bits per heavy atom. The van der Waals surface area contributed by atoms with Gasteiger partial charge in [-0.1, -0.05) is 60.2 Å². The first-order chi connectivity index (χ1) is 6.70. The Balaban J connectivity index is 2.36. The van der Waals surface area contributed by atoms with E-state index in [0.717, 1.165) is 5.56 Å². The molecule has 1 radical (unpaired) electrons. The first kappa shape index (κ1) is 9.47. The van der Waals surface area contributed by atoms with E-state index in [-0.39, 0.29) is 0 Å². The van der Waals surface area contributed by atoms with Crippen LogP contribution >= 0.6 is 11.6 Å². The van der Waals surface area contributed by atoms with E-state index in [1.165, 1.54) is 6.08 Å². The highest BCUT2D eigenvalue weighted by molar-refractivity contribution is 6.24. The summed E-state index contributed by atoms with van der Waals surface area (Å²) in [5.74, 6) is -0.449. The van der Waals surface area contributed by atoms with Crippen molar-refractivity contribution in [3.05, 3.63) is 60.2 Å². The summed E-state index contributed by atoms with van der Waals surface area (Å²) in [6.45, 7) is 0. The van der Waals surface area contributed by atoms with Crippen LogP contribution in [0, 0.1) is 6.08 Å². The molecule has 0 N–H and O–H groups in total. The summed E-state index contributed by atoms with van der Waals surface area (Å²) in [5.41, 5.74) is 0.863. The molecule has 71 valence electrons. The van der Waals surface area contributed by atoms with E-state index in [1.54, 1.807) is 12.2 Å². The molecule has 0 fully saturated rings. The molecule has 1 aliphatic carbocycles. The molecule has 1 aliphatic rings. The fraction of sp³-hybridized carbons (Fsp3) is 0.167. The van der Waals surface area contributed by atoms with Gasteiger partial charge >= 0.3 is 0 Å². The van der Waals surface area contributed by atoms with Gasteiger partial charge in [-0.15, -0.1) is 0 Å². The third-order valence-electron chi connectivity index (χ3n) is 2.22. The van der Waals surface area contributed by atoms with Crippen molar-refractivity contribution >= 4 is 11.6 Å². The van der Waals surface area contributed by atoms with Gasteiger partial charge in [0.15, 0.2) is 0 Å². The number of allylic oxidation sites excluding steroid dienone is 4. The van der Waals surface area contributed by atoms with Crippen molar-refractivity contribution in [1.29, 1.82) is 0 Å². The summed E-state index contributed by atoms with van der Waals surface area (Å²) in [6.07, 6.45) is 7.51. The van der Waals surface area contributed by atoms with E-state index >= 15 is 0 Å². The van der Waals surface area contributed by atoms with Crippen molar-refractivity contribution < 1.29 is 4.39 Å². The Labute approximate surface area is 87.7 Å². The minimum absolute atomic E-state index is 0.449. The zero-order chi connectivity index (χ0) is 10.0. The van der Waals surface area contributed by atoms with Crippen LogP contribution < -0.4 is 0 Å². The fourth-order valence-electron chi connectivity index (χ4n) is 1.52. The molecule has 0 heterocycles. The van der Waals surface area contributed by atoms with Crippen molar-refractivity contribution in [3.8, 4) is 0 Å².